The Balaban J connectivity index is 1.90. The van der Waals surface area contributed by atoms with Crippen LogP contribution >= 0.6 is 0 Å². The number of benzene rings is 1. The summed E-state index contributed by atoms with van der Waals surface area (Å²) < 4.78 is 5.80. The van der Waals surface area contributed by atoms with Crippen LogP contribution in [0.5, 0.6) is 5.75 Å². The third kappa shape index (κ3) is 5.88. The van der Waals surface area contributed by atoms with Crippen molar-refractivity contribution in [2.45, 2.75) is 32.8 Å². The molecule has 1 N–H and O–H groups in total. The molecule has 1 aromatic carbocycles. The topological polar surface area (TPSA) is 59.4 Å². The minimum absolute atomic E-state index is 0.215. The molecule has 0 spiro atoms. The summed E-state index contributed by atoms with van der Waals surface area (Å²) in [5.41, 5.74) is 3.76. The number of ether oxygens (including phenoxy) is 1. The van der Waals surface area contributed by atoms with E-state index in [0.29, 0.717) is 18.9 Å². The van der Waals surface area contributed by atoms with Crippen molar-refractivity contribution in [1.29, 1.82) is 0 Å². The maximum absolute atomic E-state index is 10.6. The number of aliphatic carboxylic acids is 1. The van der Waals surface area contributed by atoms with E-state index in [2.05, 4.69) is 25.1 Å². The van der Waals surface area contributed by atoms with Crippen LogP contribution < -0.4 is 4.74 Å². The van der Waals surface area contributed by atoms with Crippen LogP contribution in [0.2, 0.25) is 0 Å². The molecule has 1 atom stereocenters. The number of hydrogen-bond donors (Lipinski definition) is 1. The van der Waals surface area contributed by atoms with Gasteiger partial charge in [-0.3, -0.25) is 4.79 Å². The SMILES string of the molecule is C=Cc1ccc(COc2ccc(CC(C)CCC(=O)O)cc2)nc1C=C. The molecular weight excluding hydrogens is 326 g/mol. The Morgan fingerprint density at radius 3 is 2.54 bits per heavy atom. The molecule has 1 heterocycles. The summed E-state index contributed by atoms with van der Waals surface area (Å²) >= 11 is 0. The molecule has 26 heavy (non-hydrogen) atoms. The number of carboxylic acid groups (broad SMARTS) is 1. The van der Waals surface area contributed by atoms with E-state index in [1.54, 1.807) is 12.2 Å². The van der Waals surface area contributed by atoms with Crippen molar-refractivity contribution in [3.05, 3.63) is 72.1 Å². The lowest BCUT2D eigenvalue weighted by atomic mass is 9.97. The van der Waals surface area contributed by atoms with E-state index in [1.165, 1.54) is 5.56 Å². The second kappa shape index (κ2) is 9.56. The fourth-order valence-corrected chi connectivity index (χ4v) is 2.70. The van der Waals surface area contributed by atoms with E-state index in [1.807, 2.05) is 36.4 Å². The number of pyridine rings is 1. The number of hydrogen-bond acceptors (Lipinski definition) is 3. The number of carbonyl (C=O) groups is 1. The quantitative estimate of drug-likeness (QED) is 0.655. The number of aromatic nitrogens is 1. The van der Waals surface area contributed by atoms with Crippen molar-refractivity contribution < 1.29 is 14.6 Å². The summed E-state index contributed by atoms with van der Waals surface area (Å²) in [5, 5.41) is 8.75. The molecule has 0 fully saturated rings. The van der Waals surface area contributed by atoms with Gasteiger partial charge in [0, 0.05) is 6.42 Å². The van der Waals surface area contributed by atoms with Crippen LogP contribution in [0.4, 0.5) is 0 Å². The Morgan fingerprint density at radius 1 is 1.19 bits per heavy atom. The zero-order valence-electron chi connectivity index (χ0n) is 15.1. The third-order valence-electron chi connectivity index (χ3n) is 4.17. The molecule has 1 unspecified atom stereocenters. The number of carboxylic acids is 1. The van der Waals surface area contributed by atoms with Crippen LogP contribution in [0.1, 0.15) is 42.3 Å². The molecular formula is C22H25NO3. The lowest BCUT2D eigenvalue weighted by Gasteiger charge is -2.11. The van der Waals surface area contributed by atoms with Crippen molar-refractivity contribution in [1.82, 2.24) is 4.98 Å². The van der Waals surface area contributed by atoms with E-state index < -0.39 is 5.97 Å². The Morgan fingerprint density at radius 2 is 1.92 bits per heavy atom. The van der Waals surface area contributed by atoms with E-state index in [0.717, 1.165) is 29.1 Å². The minimum Gasteiger partial charge on any atom is -0.487 e. The van der Waals surface area contributed by atoms with Gasteiger partial charge < -0.3 is 9.84 Å². The van der Waals surface area contributed by atoms with Gasteiger partial charge >= 0.3 is 5.97 Å². The van der Waals surface area contributed by atoms with Gasteiger partial charge in [0.15, 0.2) is 0 Å². The van der Waals surface area contributed by atoms with Gasteiger partial charge in [0.1, 0.15) is 12.4 Å². The van der Waals surface area contributed by atoms with Crippen LogP contribution in [0.15, 0.2) is 49.6 Å². The standard InChI is InChI=1S/C22H25NO3/c1-4-18-9-10-19(23-21(18)5-2)15-26-20-11-7-17(8-12-20)14-16(3)6-13-22(24)25/h4-5,7-12,16H,1-2,6,13-15H2,3H3,(H,24,25). The molecule has 0 aliphatic carbocycles. The van der Waals surface area contributed by atoms with Crippen molar-refractivity contribution >= 4 is 18.1 Å². The van der Waals surface area contributed by atoms with Crippen molar-refractivity contribution in [2.75, 3.05) is 0 Å². The second-order valence-corrected chi connectivity index (χ2v) is 6.36. The highest BCUT2D eigenvalue weighted by molar-refractivity contribution is 5.66. The highest BCUT2D eigenvalue weighted by atomic mass is 16.5. The Kier molecular flexibility index (Phi) is 7.15. The zero-order chi connectivity index (χ0) is 18.9. The molecule has 2 aromatic rings. The van der Waals surface area contributed by atoms with E-state index in [4.69, 9.17) is 9.84 Å². The summed E-state index contributed by atoms with van der Waals surface area (Å²) in [6.07, 6.45) is 5.23. The van der Waals surface area contributed by atoms with Gasteiger partial charge in [-0.15, -0.1) is 0 Å². The number of rotatable bonds is 10. The number of nitrogens with zero attached hydrogens (tertiary/aromatic N) is 1. The van der Waals surface area contributed by atoms with Crippen LogP contribution in [0.25, 0.3) is 12.2 Å². The predicted molar refractivity (Wildman–Crippen MR) is 105 cm³/mol. The van der Waals surface area contributed by atoms with Gasteiger partial charge in [-0.25, -0.2) is 4.98 Å². The molecule has 1 aromatic heterocycles. The molecule has 0 radical (unpaired) electrons. The predicted octanol–water partition coefficient (Wildman–Crippen LogP) is 4.99. The van der Waals surface area contributed by atoms with Crippen molar-refractivity contribution in [2.24, 2.45) is 5.92 Å². The normalized spacial score (nSPS) is 11.6. The third-order valence-corrected chi connectivity index (χ3v) is 4.17. The average Bonchev–Trinajstić information content (AvgIpc) is 2.65. The first-order valence-electron chi connectivity index (χ1n) is 8.70. The van der Waals surface area contributed by atoms with Gasteiger partial charge in [0.05, 0.1) is 11.4 Å². The molecule has 0 saturated carbocycles. The first-order chi connectivity index (χ1) is 12.5. The molecule has 0 bridgehead atoms. The van der Waals surface area contributed by atoms with Crippen LogP contribution in [-0.4, -0.2) is 16.1 Å². The van der Waals surface area contributed by atoms with Crippen LogP contribution in [-0.2, 0) is 17.8 Å². The van der Waals surface area contributed by atoms with E-state index in [-0.39, 0.29) is 6.42 Å². The monoisotopic (exact) mass is 351 g/mol. The highest BCUT2D eigenvalue weighted by Gasteiger charge is 2.07. The fourth-order valence-electron chi connectivity index (χ4n) is 2.70. The van der Waals surface area contributed by atoms with Gasteiger partial charge in [0.25, 0.3) is 0 Å². The van der Waals surface area contributed by atoms with Gasteiger partial charge in [0.2, 0.25) is 0 Å². The maximum atomic E-state index is 10.6. The molecule has 4 nitrogen and oxygen atoms in total. The summed E-state index contributed by atoms with van der Waals surface area (Å²) in [6.45, 7) is 9.99. The summed E-state index contributed by atoms with van der Waals surface area (Å²) in [6, 6.07) is 11.8. The summed E-state index contributed by atoms with van der Waals surface area (Å²) in [4.78, 5) is 15.1. The average molecular weight is 351 g/mol. The molecule has 0 amide bonds. The Labute approximate surface area is 154 Å². The van der Waals surface area contributed by atoms with Gasteiger partial charge in [-0.1, -0.05) is 44.4 Å². The Bertz CT molecular complexity index is 765. The zero-order valence-corrected chi connectivity index (χ0v) is 15.1. The van der Waals surface area contributed by atoms with Gasteiger partial charge in [-0.2, -0.15) is 0 Å². The molecule has 0 aliphatic rings. The largest absolute Gasteiger partial charge is 0.487 e. The van der Waals surface area contributed by atoms with E-state index in [9.17, 15) is 4.79 Å². The minimum atomic E-state index is -0.741. The van der Waals surface area contributed by atoms with E-state index >= 15 is 0 Å². The fraction of sp³-hybridized carbons (Fsp3) is 0.273. The smallest absolute Gasteiger partial charge is 0.303 e. The molecule has 0 aliphatic heterocycles. The molecule has 4 heteroatoms. The lowest BCUT2D eigenvalue weighted by Crippen LogP contribution is -2.04. The highest BCUT2D eigenvalue weighted by Crippen LogP contribution is 2.19. The Hall–Kier alpha value is -2.88. The second-order valence-electron chi connectivity index (χ2n) is 6.36. The first kappa shape index (κ1) is 19.4. The summed E-state index contributed by atoms with van der Waals surface area (Å²) in [5.74, 6) is 0.374. The molecule has 2 rings (SSSR count). The first-order valence-corrected chi connectivity index (χ1v) is 8.70. The van der Waals surface area contributed by atoms with Crippen molar-refractivity contribution in [3.63, 3.8) is 0 Å². The maximum Gasteiger partial charge on any atom is 0.303 e. The van der Waals surface area contributed by atoms with Crippen LogP contribution in [0, 0.1) is 5.92 Å². The van der Waals surface area contributed by atoms with Crippen molar-refractivity contribution in [3.8, 4) is 5.75 Å². The molecule has 136 valence electrons. The van der Waals surface area contributed by atoms with Gasteiger partial charge in [-0.05, 0) is 54.2 Å². The lowest BCUT2D eigenvalue weighted by molar-refractivity contribution is -0.137. The van der Waals surface area contributed by atoms with Crippen LogP contribution in [0.3, 0.4) is 0 Å². The molecule has 0 saturated heterocycles. The summed E-state index contributed by atoms with van der Waals surface area (Å²) in [7, 11) is 0.